The second-order valence-electron chi connectivity index (χ2n) is 4.14. The van der Waals surface area contributed by atoms with E-state index in [9.17, 15) is 4.79 Å². The van der Waals surface area contributed by atoms with E-state index in [1.54, 1.807) is 6.92 Å². The second-order valence-corrected chi connectivity index (χ2v) is 4.14. The summed E-state index contributed by atoms with van der Waals surface area (Å²) in [5.74, 6) is 0.274. The van der Waals surface area contributed by atoms with Gasteiger partial charge in [0.1, 0.15) is 5.78 Å². The van der Waals surface area contributed by atoms with Crippen LogP contribution in [0.4, 0.5) is 0 Å². The molecule has 0 radical (unpaired) electrons. The lowest BCUT2D eigenvalue weighted by Gasteiger charge is -2.40. The first-order valence-electron chi connectivity index (χ1n) is 4.97. The topological polar surface area (TPSA) is 23.6 Å². The predicted octanol–water partition coefficient (Wildman–Crippen LogP) is 0.600. The Labute approximate surface area is 80.7 Å². The molecule has 0 amide bonds. The molecule has 3 heteroatoms. The van der Waals surface area contributed by atoms with Crippen molar-refractivity contribution < 1.29 is 4.79 Å². The third-order valence-corrected chi connectivity index (χ3v) is 2.97. The molecule has 3 nitrogen and oxygen atoms in total. The fourth-order valence-electron chi connectivity index (χ4n) is 1.96. The monoisotopic (exact) mass is 184 g/mol. The molecule has 0 bridgehead atoms. The van der Waals surface area contributed by atoms with Crippen molar-refractivity contribution in [2.75, 3.05) is 26.7 Å². The molecule has 13 heavy (non-hydrogen) atoms. The SMILES string of the molecule is CC(=O)C(C)N1CCN(C)CC1C. The first-order valence-corrected chi connectivity index (χ1v) is 4.97. The minimum atomic E-state index is 0.0868. The summed E-state index contributed by atoms with van der Waals surface area (Å²) >= 11 is 0. The van der Waals surface area contributed by atoms with Gasteiger partial charge >= 0.3 is 0 Å². The number of nitrogens with zero attached hydrogens (tertiary/aromatic N) is 2. The molecule has 1 aliphatic rings. The number of hydrogen-bond acceptors (Lipinski definition) is 3. The summed E-state index contributed by atoms with van der Waals surface area (Å²) < 4.78 is 0. The lowest BCUT2D eigenvalue weighted by atomic mass is 10.1. The lowest BCUT2D eigenvalue weighted by Crippen LogP contribution is -2.55. The highest BCUT2D eigenvalue weighted by Crippen LogP contribution is 2.12. The Kier molecular flexibility index (Phi) is 3.45. The van der Waals surface area contributed by atoms with Gasteiger partial charge in [0.05, 0.1) is 6.04 Å². The Morgan fingerprint density at radius 1 is 1.46 bits per heavy atom. The van der Waals surface area contributed by atoms with Gasteiger partial charge in [-0.2, -0.15) is 0 Å². The van der Waals surface area contributed by atoms with Crippen molar-refractivity contribution in [3.8, 4) is 0 Å². The van der Waals surface area contributed by atoms with Gasteiger partial charge in [0, 0.05) is 25.7 Å². The number of rotatable bonds is 2. The van der Waals surface area contributed by atoms with Crippen LogP contribution in [0.2, 0.25) is 0 Å². The third kappa shape index (κ3) is 2.51. The zero-order valence-corrected chi connectivity index (χ0v) is 9.08. The summed E-state index contributed by atoms with van der Waals surface area (Å²) in [5, 5.41) is 0. The molecule has 1 heterocycles. The minimum Gasteiger partial charge on any atom is -0.304 e. The molecule has 0 spiro atoms. The first-order chi connectivity index (χ1) is 6.02. The van der Waals surface area contributed by atoms with Gasteiger partial charge in [-0.05, 0) is 27.8 Å². The van der Waals surface area contributed by atoms with Gasteiger partial charge in [-0.25, -0.2) is 0 Å². The molecule has 1 aliphatic heterocycles. The van der Waals surface area contributed by atoms with E-state index in [1.807, 2.05) is 6.92 Å². The average molecular weight is 184 g/mol. The van der Waals surface area contributed by atoms with Crippen LogP contribution < -0.4 is 0 Å². The van der Waals surface area contributed by atoms with Gasteiger partial charge in [0.25, 0.3) is 0 Å². The average Bonchev–Trinajstić information content (AvgIpc) is 2.03. The molecule has 0 saturated carbocycles. The summed E-state index contributed by atoms with van der Waals surface area (Å²) in [6, 6.07) is 0.585. The smallest absolute Gasteiger partial charge is 0.146 e. The third-order valence-electron chi connectivity index (χ3n) is 2.97. The van der Waals surface area contributed by atoms with E-state index < -0.39 is 0 Å². The molecular formula is C10H20N2O. The Morgan fingerprint density at radius 2 is 2.08 bits per heavy atom. The maximum absolute atomic E-state index is 11.2. The van der Waals surface area contributed by atoms with Crippen LogP contribution in [-0.2, 0) is 4.79 Å². The van der Waals surface area contributed by atoms with Gasteiger partial charge in [-0.15, -0.1) is 0 Å². The summed E-state index contributed by atoms with van der Waals surface area (Å²) in [4.78, 5) is 15.8. The van der Waals surface area contributed by atoms with Gasteiger partial charge in [0.2, 0.25) is 0 Å². The van der Waals surface area contributed by atoms with Crippen molar-refractivity contribution in [2.24, 2.45) is 0 Å². The zero-order valence-electron chi connectivity index (χ0n) is 9.08. The van der Waals surface area contributed by atoms with E-state index in [4.69, 9.17) is 0 Å². The molecule has 0 aromatic heterocycles. The Bertz CT molecular complexity index is 193. The highest BCUT2D eigenvalue weighted by atomic mass is 16.1. The Hall–Kier alpha value is -0.410. The van der Waals surface area contributed by atoms with Gasteiger partial charge in [0.15, 0.2) is 0 Å². The highest BCUT2D eigenvalue weighted by Gasteiger charge is 2.27. The molecule has 2 atom stereocenters. The first kappa shape index (κ1) is 10.7. The number of ketones is 1. The van der Waals surface area contributed by atoms with Crippen molar-refractivity contribution in [1.29, 1.82) is 0 Å². The number of piperazine rings is 1. The molecule has 0 aromatic carbocycles. The standard InChI is InChI=1S/C10H20N2O/c1-8-7-11(4)5-6-12(8)9(2)10(3)13/h8-9H,5-7H2,1-4H3. The van der Waals surface area contributed by atoms with Crippen LogP contribution in [0.5, 0.6) is 0 Å². The fourth-order valence-corrected chi connectivity index (χ4v) is 1.96. The van der Waals surface area contributed by atoms with Gasteiger partial charge in [-0.3, -0.25) is 9.69 Å². The summed E-state index contributed by atoms with van der Waals surface area (Å²) in [6.07, 6.45) is 0. The van der Waals surface area contributed by atoms with E-state index in [2.05, 4.69) is 23.8 Å². The van der Waals surface area contributed by atoms with E-state index in [0.717, 1.165) is 19.6 Å². The van der Waals surface area contributed by atoms with E-state index in [1.165, 1.54) is 0 Å². The molecule has 1 fully saturated rings. The molecular weight excluding hydrogens is 164 g/mol. The second kappa shape index (κ2) is 4.20. The summed E-state index contributed by atoms with van der Waals surface area (Å²) in [7, 11) is 2.13. The quantitative estimate of drug-likeness (QED) is 0.628. The van der Waals surface area contributed by atoms with Crippen molar-refractivity contribution in [1.82, 2.24) is 9.80 Å². The maximum Gasteiger partial charge on any atom is 0.146 e. The van der Waals surface area contributed by atoms with E-state index >= 15 is 0 Å². The normalized spacial score (nSPS) is 28.8. The Balaban J connectivity index is 2.55. The van der Waals surface area contributed by atoms with Gasteiger partial charge in [-0.1, -0.05) is 0 Å². The van der Waals surface area contributed by atoms with Crippen LogP contribution in [0, 0.1) is 0 Å². The molecule has 0 aromatic rings. The molecule has 0 aliphatic carbocycles. The fraction of sp³-hybridized carbons (Fsp3) is 0.900. The number of Topliss-reactive ketones (excluding diaryl/α,β-unsaturated/α-hetero) is 1. The zero-order chi connectivity index (χ0) is 10.0. The van der Waals surface area contributed by atoms with Crippen LogP contribution in [0.15, 0.2) is 0 Å². The molecule has 1 rings (SSSR count). The van der Waals surface area contributed by atoms with Crippen LogP contribution >= 0.6 is 0 Å². The van der Waals surface area contributed by atoms with Crippen LogP contribution in [-0.4, -0.2) is 54.3 Å². The van der Waals surface area contributed by atoms with Crippen molar-refractivity contribution in [3.63, 3.8) is 0 Å². The summed E-state index contributed by atoms with van der Waals surface area (Å²) in [5.41, 5.74) is 0. The molecule has 1 saturated heterocycles. The van der Waals surface area contributed by atoms with Crippen molar-refractivity contribution in [3.05, 3.63) is 0 Å². The number of hydrogen-bond donors (Lipinski definition) is 0. The number of carbonyl (C=O) groups is 1. The number of carbonyl (C=O) groups excluding carboxylic acids is 1. The van der Waals surface area contributed by atoms with Crippen molar-refractivity contribution >= 4 is 5.78 Å². The lowest BCUT2D eigenvalue weighted by molar-refractivity contribution is -0.123. The minimum absolute atomic E-state index is 0.0868. The van der Waals surface area contributed by atoms with Crippen LogP contribution in [0.1, 0.15) is 20.8 Å². The molecule has 76 valence electrons. The molecule has 2 unspecified atom stereocenters. The van der Waals surface area contributed by atoms with Gasteiger partial charge < -0.3 is 4.90 Å². The summed E-state index contributed by atoms with van der Waals surface area (Å²) in [6.45, 7) is 9.02. The van der Waals surface area contributed by atoms with Crippen molar-refractivity contribution in [2.45, 2.75) is 32.9 Å². The van der Waals surface area contributed by atoms with Crippen LogP contribution in [0.3, 0.4) is 0 Å². The maximum atomic E-state index is 11.2. The van der Waals surface area contributed by atoms with E-state index in [-0.39, 0.29) is 11.8 Å². The van der Waals surface area contributed by atoms with Crippen LogP contribution in [0.25, 0.3) is 0 Å². The van der Waals surface area contributed by atoms with E-state index in [0.29, 0.717) is 6.04 Å². The Morgan fingerprint density at radius 3 is 2.54 bits per heavy atom. The molecule has 0 N–H and O–H groups in total. The number of likely N-dealkylation sites (N-methyl/N-ethyl adjacent to an activating group) is 1. The predicted molar refractivity (Wildman–Crippen MR) is 53.8 cm³/mol. The largest absolute Gasteiger partial charge is 0.304 e. The highest BCUT2D eigenvalue weighted by molar-refractivity contribution is 5.81.